The molecule has 1 aliphatic carbocycles. The Labute approximate surface area is 238 Å². The van der Waals surface area contributed by atoms with E-state index in [1.807, 2.05) is 0 Å². The molecule has 0 amide bonds. The number of aromatic nitrogens is 1. The Bertz CT molecular complexity index is 1470. The van der Waals surface area contributed by atoms with Crippen molar-refractivity contribution in [3.8, 4) is 28.8 Å². The molecule has 1 saturated carbocycles. The van der Waals surface area contributed by atoms with Crippen LogP contribution in [-0.4, -0.2) is 49.2 Å². The molecule has 5 rings (SSSR count). The smallest absolute Gasteiger partial charge is 0.456 e. The van der Waals surface area contributed by atoms with Crippen LogP contribution in [-0.2, 0) is 20.9 Å². The van der Waals surface area contributed by atoms with Gasteiger partial charge in [-0.25, -0.2) is 13.6 Å². The van der Waals surface area contributed by atoms with Crippen LogP contribution in [0.2, 0.25) is 0 Å². The minimum atomic E-state index is -4.93. The lowest BCUT2D eigenvalue weighted by Gasteiger charge is -2.39. The zero-order chi connectivity index (χ0) is 29.9. The van der Waals surface area contributed by atoms with Gasteiger partial charge in [-0.1, -0.05) is 23.2 Å². The second kappa shape index (κ2) is 12.0. The van der Waals surface area contributed by atoms with Gasteiger partial charge in [-0.3, -0.25) is 0 Å². The Kier molecular flexibility index (Phi) is 8.41. The van der Waals surface area contributed by atoms with E-state index in [1.54, 1.807) is 31.2 Å². The Morgan fingerprint density at radius 2 is 1.86 bits per heavy atom. The van der Waals surface area contributed by atoms with Crippen molar-refractivity contribution in [1.29, 1.82) is 0 Å². The summed E-state index contributed by atoms with van der Waals surface area (Å²) in [6, 6.07) is 12.0. The second-order valence-electron chi connectivity index (χ2n) is 9.98. The van der Waals surface area contributed by atoms with Gasteiger partial charge in [0.2, 0.25) is 0 Å². The van der Waals surface area contributed by atoms with Crippen LogP contribution in [0, 0.1) is 11.8 Å². The number of ether oxygens (including phenoxy) is 3. The average molecular weight is 591 g/mol. The molecule has 1 atom stereocenters. The number of rotatable bonds is 8. The molecular formula is C30H27F5N2O5. The van der Waals surface area contributed by atoms with E-state index in [0.717, 1.165) is 18.9 Å². The highest BCUT2D eigenvalue weighted by Crippen LogP contribution is 2.46. The van der Waals surface area contributed by atoms with Gasteiger partial charge in [0.05, 0.1) is 19.8 Å². The van der Waals surface area contributed by atoms with Gasteiger partial charge in [0.1, 0.15) is 23.3 Å². The molecular weight excluding hydrogens is 563 g/mol. The van der Waals surface area contributed by atoms with Crippen molar-refractivity contribution in [2.75, 3.05) is 24.6 Å². The number of halogens is 5. The molecule has 1 aromatic heterocycles. The van der Waals surface area contributed by atoms with Gasteiger partial charge < -0.3 is 23.6 Å². The maximum Gasteiger partial charge on any atom is 0.573 e. The van der Waals surface area contributed by atoms with Gasteiger partial charge in [0, 0.05) is 40.8 Å². The van der Waals surface area contributed by atoms with Crippen molar-refractivity contribution in [2.24, 2.45) is 0 Å². The molecule has 2 aliphatic rings. The summed E-state index contributed by atoms with van der Waals surface area (Å²) in [4.78, 5) is 13.0. The highest BCUT2D eigenvalue weighted by atomic mass is 19.4. The predicted octanol–water partition coefficient (Wildman–Crippen LogP) is 6.46. The molecule has 2 heterocycles. The maximum absolute atomic E-state index is 15.3. The molecule has 1 unspecified atom stereocenters. The van der Waals surface area contributed by atoms with Crippen LogP contribution in [0.1, 0.15) is 49.0 Å². The van der Waals surface area contributed by atoms with Gasteiger partial charge in [-0.2, -0.15) is 0 Å². The van der Waals surface area contributed by atoms with Crippen molar-refractivity contribution in [1.82, 2.24) is 5.16 Å². The van der Waals surface area contributed by atoms with E-state index in [4.69, 9.17) is 14.0 Å². The molecule has 0 N–H and O–H groups in total. The van der Waals surface area contributed by atoms with Crippen LogP contribution in [0.5, 0.6) is 5.75 Å². The maximum atomic E-state index is 15.3. The van der Waals surface area contributed by atoms with E-state index >= 15 is 8.78 Å². The number of esters is 1. The van der Waals surface area contributed by atoms with E-state index in [2.05, 4.69) is 21.7 Å². The standard InChI is InChI=1S/C30H27F5N2O5/c1-2-39-26(38)14-9-19-7-12-21(13-8-19)37-16-15-25(29(31,32)18-37)40-17-23-27(36-42-28(23)20-10-11-20)22-5-3-4-6-24(22)41-30(33,34)35/h3-8,12-13,20,25H,2,10-11,15-18H2,1H3. The van der Waals surface area contributed by atoms with E-state index < -0.39 is 36.7 Å². The number of alkyl halides is 5. The molecule has 3 aromatic rings. The van der Waals surface area contributed by atoms with E-state index in [0.29, 0.717) is 22.6 Å². The summed E-state index contributed by atoms with van der Waals surface area (Å²) < 4.78 is 89.8. The lowest BCUT2D eigenvalue weighted by molar-refractivity contribution is -0.274. The number of carbonyl (C=O) groups excluding carboxylic acids is 1. The summed E-state index contributed by atoms with van der Waals surface area (Å²) in [5, 5.41) is 4.00. The minimum absolute atomic E-state index is 0.00453. The topological polar surface area (TPSA) is 74.0 Å². The molecule has 42 heavy (non-hydrogen) atoms. The van der Waals surface area contributed by atoms with Gasteiger partial charge in [0.15, 0.2) is 0 Å². The molecule has 2 fully saturated rings. The SMILES string of the molecule is CCOC(=O)C#Cc1ccc(N2CCC(OCc3c(-c4ccccc4OC(F)(F)F)noc3C3CC3)C(F)(F)C2)cc1. The fourth-order valence-corrected chi connectivity index (χ4v) is 4.79. The molecule has 1 aliphatic heterocycles. The number of nitrogens with zero attached hydrogens (tertiary/aromatic N) is 2. The molecule has 12 heteroatoms. The summed E-state index contributed by atoms with van der Waals surface area (Å²) in [5.74, 6) is 1.12. The molecule has 2 aromatic carbocycles. The first-order chi connectivity index (χ1) is 20.0. The summed E-state index contributed by atoms with van der Waals surface area (Å²) >= 11 is 0. The molecule has 1 saturated heterocycles. The number of carbonyl (C=O) groups is 1. The van der Waals surface area contributed by atoms with Gasteiger partial charge in [-0.05, 0) is 62.6 Å². The predicted molar refractivity (Wildman–Crippen MR) is 141 cm³/mol. The fourth-order valence-electron chi connectivity index (χ4n) is 4.79. The Morgan fingerprint density at radius 3 is 2.52 bits per heavy atom. The van der Waals surface area contributed by atoms with E-state index in [1.165, 1.54) is 23.1 Å². The van der Waals surface area contributed by atoms with Gasteiger partial charge in [-0.15, -0.1) is 13.2 Å². The third kappa shape index (κ3) is 7.02. The first kappa shape index (κ1) is 29.4. The van der Waals surface area contributed by atoms with Crippen molar-refractivity contribution >= 4 is 11.7 Å². The first-order valence-electron chi connectivity index (χ1n) is 13.4. The van der Waals surface area contributed by atoms with Crippen molar-refractivity contribution in [2.45, 2.75) is 57.1 Å². The fraction of sp³-hybridized carbons (Fsp3) is 0.400. The van der Waals surface area contributed by atoms with Gasteiger partial charge >= 0.3 is 12.3 Å². The summed E-state index contributed by atoms with van der Waals surface area (Å²) in [5.41, 5.74) is 1.54. The number of hydrogen-bond acceptors (Lipinski definition) is 7. The van der Waals surface area contributed by atoms with Crippen LogP contribution >= 0.6 is 0 Å². The average Bonchev–Trinajstić information content (AvgIpc) is 3.70. The zero-order valence-corrected chi connectivity index (χ0v) is 22.5. The Balaban J connectivity index is 1.28. The number of benzene rings is 2. The number of anilines is 1. The molecule has 0 bridgehead atoms. The molecule has 0 spiro atoms. The Hall–Kier alpha value is -4.11. The van der Waals surface area contributed by atoms with Crippen LogP contribution in [0.15, 0.2) is 53.1 Å². The van der Waals surface area contributed by atoms with E-state index in [-0.39, 0.29) is 43.4 Å². The molecule has 7 nitrogen and oxygen atoms in total. The third-order valence-corrected chi connectivity index (χ3v) is 6.91. The second-order valence-corrected chi connectivity index (χ2v) is 9.98. The van der Waals surface area contributed by atoms with Crippen LogP contribution in [0.3, 0.4) is 0 Å². The Morgan fingerprint density at radius 1 is 1.12 bits per heavy atom. The minimum Gasteiger partial charge on any atom is -0.456 e. The largest absolute Gasteiger partial charge is 0.573 e. The quantitative estimate of drug-likeness (QED) is 0.169. The normalized spacial score (nSPS) is 18.2. The van der Waals surface area contributed by atoms with Crippen molar-refractivity contribution < 1.29 is 45.5 Å². The third-order valence-electron chi connectivity index (χ3n) is 6.91. The molecule has 222 valence electrons. The highest BCUT2D eigenvalue weighted by Gasteiger charge is 2.46. The molecule has 0 radical (unpaired) electrons. The zero-order valence-electron chi connectivity index (χ0n) is 22.5. The van der Waals surface area contributed by atoms with Crippen molar-refractivity contribution in [3.05, 3.63) is 65.4 Å². The van der Waals surface area contributed by atoms with Crippen LogP contribution in [0.4, 0.5) is 27.6 Å². The highest BCUT2D eigenvalue weighted by molar-refractivity contribution is 5.89. The number of hydrogen-bond donors (Lipinski definition) is 0. The first-order valence-corrected chi connectivity index (χ1v) is 13.4. The van der Waals surface area contributed by atoms with Crippen LogP contribution in [0.25, 0.3) is 11.3 Å². The van der Waals surface area contributed by atoms with E-state index in [9.17, 15) is 18.0 Å². The lowest BCUT2D eigenvalue weighted by Crippen LogP contribution is -2.52. The monoisotopic (exact) mass is 590 g/mol. The number of piperidine rings is 1. The summed E-state index contributed by atoms with van der Waals surface area (Å²) in [6.07, 6.45) is -4.76. The van der Waals surface area contributed by atoms with Crippen molar-refractivity contribution in [3.63, 3.8) is 0 Å². The van der Waals surface area contributed by atoms with Gasteiger partial charge in [0.25, 0.3) is 5.92 Å². The lowest BCUT2D eigenvalue weighted by atomic mass is 10.0. The summed E-state index contributed by atoms with van der Waals surface area (Å²) in [7, 11) is 0. The summed E-state index contributed by atoms with van der Waals surface area (Å²) in [6.45, 7) is 1.27. The number of para-hydroxylation sites is 1. The van der Waals surface area contributed by atoms with Crippen LogP contribution < -0.4 is 9.64 Å².